The highest BCUT2D eigenvalue weighted by atomic mass is 16.9. The number of carbonyl (C=O) groups is 2. The van der Waals surface area contributed by atoms with E-state index in [4.69, 9.17) is 4.94 Å². The average Bonchev–Trinajstić information content (AvgIpc) is 2.63. The van der Waals surface area contributed by atoms with Gasteiger partial charge < -0.3 is 0 Å². The minimum Gasteiger partial charge on any atom is -0.285 e. The molecule has 2 aromatic carbocycles. The molecule has 0 saturated heterocycles. The molecule has 0 fully saturated rings. The molecule has 0 heterocycles. The van der Waals surface area contributed by atoms with Crippen molar-refractivity contribution in [1.29, 1.82) is 0 Å². The molecular formula is C16H18N4O5. The molecule has 0 aliphatic carbocycles. The fourth-order valence-corrected chi connectivity index (χ4v) is 1.86. The third kappa shape index (κ3) is 4.44. The SMILES string of the molecule is CN(O)C(=O)N(ON(C(=O)N(C)O)c1ccccc1)c1ccccc1. The molecule has 2 N–H and O–H groups in total. The minimum absolute atomic E-state index is 0.266. The summed E-state index contributed by atoms with van der Waals surface area (Å²) in [6, 6.07) is 14.4. The van der Waals surface area contributed by atoms with Gasteiger partial charge in [-0.3, -0.25) is 10.4 Å². The van der Waals surface area contributed by atoms with Crippen LogP contribution in [0.25, 0.3) is 0 Å². The summed E-state index contributed by atoms with van der Waals surface area (Å²) in [5, 5.41) is 21.0. The Morgan fingerprint density at radius 2 is 1.04 bits per heavy atom. The van der Waals surface area contributed by atoms with E-state index in [1.54, 1.807) is 60.7 Å². The predicted molar refractivity (Wildman–Crippen MR) is 88.8 cm³/mol. The highest BCUT2D eigenvalue weighted by Crippen LogP contribution is 2.21. The Morgan fingerprint density at radius 3 is 1.32 bits per heavy atom. The topological polar surface area (TPSA) is 96.8 Å². The van der Waals surface area contributed by atoms with Crippen molar-refractivity contribution in [3.63, 3.8) is 0 Å². The van der Waals surface area contributed by atoms with Crippen LogP contribution in [0.5, 0.6) is 0 Å². The normalized spacial score (nSPS) is 10.1. The van der Waals surface area contributed by atoms with Crippen LogP contribution in [-0.4, -0.2) is 46.7 Å². The van der Waals surface area contributed by atoms with Gasteiger partial charge in [0.2, 0.25) is 0 Å². The molecule has 0 unspecified atom stereocenters. The van der Waals surface area contributed by atoms with Gasteiger partial charge in [0.1, 0.15) is 0 Å². The first-order valence-corrected chi connectivity index (χ1v) is 7.23. The number of anilines is 2. The van der Waals surface area contributed by atoms with Crippen molar-refractivity contribution < 1.29 is 24.9 Å². The van der Waals surface area contributed by atoms with Crippen LogP contribution in [-0.2, 0) is 4.94 Å². The van der Waals surface area contributed by atoms with Crippen LogP contribution in [0.4, 0.5) is 21.0 Å². The lowest BCUT2D eigenvalue weighted by atomic mass is 10.3. The first-order chi connectivity index (χ1) is 11.9. The van der Waals surface area contributed by atoms with Crippen LogP contribution < -0.4 is 10.1 Å². The molecule has 132 valence electrons. The average molecular weight is 346 g/mol. The molecule has 4 amide bonds. The number of hydrogen-bond donors (Lipinski definition) is 2. The lowest BCUT2D eigenvalue weighted by Gasteiger charge is -2.30. The van der Waals surface area contributed by atoms with Crippen LogP contribution in [0, 0.1) is 0 Å². The van der Waals surface area contributed by atoms with Gasteiger partial charge in [0.15, 0.2) is 0 Å². The summed E-state index contributed by atoms with van der Waals surface area (Å²) in [7, 11) is 2.24. The summed E-state index contributed by atoms with van der Waals surface area (Å²) in [5.74, 6) is 0. The van der Waals surface area contributed by atoms with Crippen molar-refractivity contribution in [1.82, 2.24) is 10.1 Å². The number of nitrogens with zero attached hydrogens (tertiary/aromatic N) is 4. The molecule has 0 radical (unpaired) electrons. The van der Waals surface area contributed by atoms with E-state index in [2.05, 4.69) is 0 Å². The Labute approximate surface area is 144 Å². The minimum atomic E-state index is -0.944. The third-order valence-corrected chi connectivity index (χ3v) is 3.05. The van der Waals surface area contributed by atoms with Gasteiger partial charge in [-0.25, -0.2) is 19.7 Å². The lowest BCUT2D eigenvalue weighted by molar-refractivity contribution is -0.0435. The molecule has 0 aliphatic heterocycles. The fraction of sp³-hybridized carbons (Fsp3) is 0.125. The molecule has 0 aliphatic rings. The van der Waals surface area contributed by atoms with E-state index in [-0.39, 0.29) is 11.4 Å². The Morgan fingerprint density at radius 1 is 0.720 bits per heavy atom. The Hall–Kier alpha value is -3.14. The van der Waals surface area contributed by atoms with E-state index in [1.165, 1.54) is 0 Å². The second kappa shape index (κ2) is 8.11. The molecule has 9 nitrogen and oxygen atoms in total. The van der Waals surface area contributed by atoms with Crippen LogP contribution in [0.2, 0.25) is 0 Å². The van der Waals surface area contributed by atoms with E-state index in [0.29, 0.717) is 20.3 Å². The van der Waals surface area contributed by atoms with Crippen LogP contribution in [0.1, 0.15) is 0 Å². The summed E-state index contributed by atoms with van der Waals surface area (Å²) in [6.45, 7) is 0. The van der Waals surface area contributed by atoms with Crippen LogP contribution >= 0.6 is 0 Å². The number of hydroxylamine groups is 6. The van der Waals surface area contributed by atoms with Gasteiger partial charge in [-0.15, -0.1) is 15.1 Å². The van der Waals surface area contributed by atoms with Crippen molar-refractivity contribution in [3.8, 4) is 0 Å². The number of urea groups is 2. The molecule has 0 aromatic heterocycles. The predicted octanol–water partition coefficient (Wildman–Crippen LogP) is 2.73. The van der Waals surface area contributed by atoms with E-state index >= 15 is 0 Å². The molecular weight excluding hydrogens is 328 g/mol. The Balaban J connectivity index is 2.41. The number of para-hydroxylation sites is 2. The number of rotatable bonds is 4. The van der Waals surface area contributed by atoms with E-state index < -0.39 is 12.1 Å². The van der Waals surface area contributed by atoms with Gasteiger partial charge in [-0.2, -0.15) is 0 Å². The third-order valence-electron chi connectivity index (χ3n) is 3.05. The summed E-state index contributed by atoms with van der Waals surface area (Å²) in [4.78, 5) is 30.0. The van der Waals surface area contributed by atoms with Gasteiger partial charge in [0.05, 0.1) is 11.4 Å². The van der Waals surface area contributed by atoms with Gasteiger partial charge >= 0.3 is 12.1 Å². The fourth-order valence-electron chi connectivity index (χ4n) is 1.86. The molecule has 0 bridgehead atoms. The van der Waals surface area contributed by atoms with Crippen molar-refractivity contribution in [2.75, 3.05) is 24.2 Å². The number of carbonyl (C=O) groups excluding carboxylic acids is 2. The van der Waals surface area contributed by atoms with Crippen LogP contribution in [0.15, 0.2) is 60.7 Å². The highest BCUT2D eigenvalue weighted by Gasteiger charge is 2.28. The van der Waals surface area contributed by atoms with E-state index in [9.17, 15) is 20.0 Å². The van der Waals surface area contributed by atoms with Gasteiger partial charge in [0, 0.05) is 14.1 Å². The largest absolute Gasteiger partial charge is 0.374 e. The highest BCUT2D eigenvalue weighted by molar-refractivity contribution is 5.92. The Bertz CT molecular complexity index is 647. The van der Waals surface area contributed by atoms with Gasteiger partial charge in [-0.05, 0) is 24.3 Å². The molecule has 0 saturated carbocycles. The van der Waals surface area contributed by atoms with Gasteiger partial charge in [0.25, 0.3) is 0 Å². The van der Waals surface area contributed by atoms with Crippen molar-refractivity contribution in [2.24, 2.45) is 0 Å². The van der Waals surface area contributed by atoms with Crippen molar-refractivity contribution in [3.05, 3.63) is 60.7 Å². The molecule has 0 atom stereocenters. The summed E-state index contributed by atoms with van der Waals surface area (Å²) in [6.07, 6.45) is 0. The molecule has 2 aromatic rings. The van der Waals surface area contributed by atoms with Crippen molar-refractivity contribution in [2.45, 2.75) is 0 Å². The van der Waals surface area contributed by atoms with E-state index in [0.717, 1.165) is 14.1 Å². The Kier molecular flexibility index (Phi) is 5.90. The quantitative estimate of drug-likeness (QED) is 0.655. The number of hydrogen-bond acceptors (Lipinski definition) is 5. The summed E-state index contributed by atoms with van der Waals surface area (Å²) < 4.78 is 0. The zero-order chi connectivity index (χ0) is 18.4. The van der Waals surface area contributed by atoms with Crippen molar-refractivity contribution >= 4 is 23.4 Å². The second-order valence-corrected chi connectivity index (χ2v) is 4.95. The number of benzene rings is 2. The molecule has 25 heavy (non-hydrogen) atoms. The maximum Gasteiger partial charge on any atom is 0.374 e. The first-order valence-electron chi connectivity index (χ1n) is 7.23. The number of amides is 4. The first kappa shape index (κ1) is 18.2. The molecule has 9 heteroatoms. The zero-order valence-corrected chi connectivity index (χ0v) is 13.7. The summed E-state index contributed by atoms with van der Waals surface area (Å²) in [5.41, 5.74) is 0.533. The summed E-state index contributed by atoms with van der Waals surface area (Å²) >= 11 is 0. The maximum atomic E-state index is 12.3. The molecule has 2 rings (SSSR count). The zero-order valence-electron chi connectivity index (χ0n) is 13.7. The van der Waals surface area contributed by atoms with Crippen LogP contribution in [0.3, 0.4) is 0 Å². The van der Waals surface area contributed by atoms with E-state index in [1.807, 2.05) is 0 Å². The maximum absolute atomic E-state index is 12.3. The monoisotopic (exact) mass is 346 g/mol. The standard InChI is InChI=1S/C16H18N4O5/c1-17(23)15(21)19(13-9-5-3-6-10-13)25-20(16(22)18(2)24)14-11-7-4-8-12-14/h3-12,23-24H,1-2H3. The molecule has 0 spiro atoms. The van der Waals surface area contributed by atoms with Gasteiger partial charge in [-0.1, -0.05) is 36.4 Å². The second-order valence-electron chi connectivity index (χ2n) is 4.95. The smallest absolute Gasteiger partial charge is 0.285 e. The lowest BCUT2D eigenvalue weighted by Crippen LogP contribution is -2.49.